The molecule has 1 spiro atoms. The normalized spacial score (nSPS) is 43.4. The third-order valence-electron chi connectivity index (χ3n) is 7.90. The largest absolute Gasteiger partial charge is 0.368 e. The topological polar surface area (TPSA) is 61.9 Å². The Morgan fingerprint density at radius 2 is 1.58 bits per heavy atom. The molecule has 6 heteroatoms. The molecule has 1 atom stereocenters. The minimum Gasteiger partial charge on any atom is -0.368 e. The Kier molecular flexibility index (Phi) is 3.71. The summed E-state index contributed by atoms with van der Waals surface area (Å²) in [6.45, 7) is 2.52. The van der Waals surface area contributed by atoms with E-state index in [4.69, 9.17) is 4.74 Å². The van der Waals surface area contributed by atoms with Gasteiger partial charge in [0.05, 0.1) is 25.1 Å². The smallest absolute Gasteiger partial charge is 0.239 e. The number of likely N-dealkylation sites (tertiary alicyclic amines) is 1. The van der Waals surface area contributed by atoms with Gasteiger partial charge in [-0.05, 0) is 63.3 Å². The molecule has 0 radical (unpaired) electrons. The molecule has 2 saturated heterocycles. The third kappa shape index (κ3) is 2.44. The molecule has 0 unspecified atom stereocenters. The monoisotopic (exact) mass is 361 g/mol. The lowest BCUT2D eigenvalue weighted by Gasteiger charge is -2.60. The number of nitrogens with one attached hydrogen (secondary N) is 1. The van der Waals surface area contributed by atoms with Crippen molar-refractivity contribution in [3.63, 3.8) is 0 Å². The molecule has 4 aliphatic carbocycles. The van der Waals surface area contributed by atoms with Crippen molar-refractivity contribution in [3.8, 4) is 0 Å². The van der Waals surface area contributed by atoms with Crippen LogP contribution in [-0.2, 0) is 14.3 Å². The van der Waals surface area contributed by atoms with Gasteiger partial charge in [-0.3, -0.25) is 14.5 Å². The van der Waals surface area contributed by atoms with Crippen LogP contribution in [0.5, 0.6) is 0 Å². The van der Waals surface area contributed by atoms with Gasteiger partial charge in [0.25, 0.3) is 0 Å². The summed E-state index contributed by atoms with van der Waals surface area (Å²) in [7, 11) is 3.64. The van der Waals surface area contributed by atoms with Gasteiger partial charge in [-0.2, -0.15) is 0 Å². The molecule has 26 heavy (non-hydrogen) atoms. The van der Waals surface area contributed by atoms with Crippen molar-refractivity contribution < 1.29 is 14.3 Å². The van der Waals surface area contributed by atoms with Gasteiger partial charge in [0.2, 0.25) is 11.8 Å². The van der Waals surface area contributed by atoms with Crippen LogP contribution in [0, 0.1) is 23.2 Å². The van der Waals surface area contributed by atoms with Gasteiger partial charge in [-0.1, -0.05) is 0 Å². The van der Waals surface area contributed by atoms with Crippen molar-refractivity contribution in [2.24, 2.45) is 23.2 Å². The zero-order valence-corrected chi connectivity index (χ0v) is 16.0. The average Bonchev–Trinajstić information content (AvgIpc) is 2.57. The maximum atomic E-state index is 13.4. The highest BCUT2D eigenvalue weighted by Gasteiger charge is 2.59. The van der Waals surface area contributed by atoms with Gasteiger partial charge in [0.1, 0.15) is 11.6 Å². The predicted molar refractivity (Wildman–Crippen MR) is 96.4 cm³/mol. The second kappa shape index (κ2) is 5.68. The fraction of sp³-hybridized carbons (Fsp3) is 0.900. The minimum absolute atomic E-state index is 0.00294. The molecule has 0 aromatic rings. The first-order valence-electron chi connectivity index (χ1n) is 10.3. The van der Waals surface area contributed by atoms with Crippen molar-refractivity contribution in [3.05, 3.63) is 0 Å². The number of carbonyl (C=O) groups excluding carboxylic acids is 2. The third-order valence-corrected chi connectivity index (χ3v) is 7.90. The van der Waals surface area contributed by atoms with Crippen LogP contribution in [0.15, 0.2) is 0 Å². The van der Waals surface area contributed by atoms with E-state index in [0.29, 0.717) is 25.6 Å². The molecule has 1 N–H and O–H groups in total. The fourth-order valence-electron chi connectivity index (χ4n) is 7.13. The zero-order valence-electron chi connectivity index (χ0n) is 16.0. The molecule has 2 amide bonds. The maximum Gasteiger partial charge on any atom is 0.239 e. The van der Waals surface area contributed by atoms with Gasteiger partial charge in [0, 0.05) is 13.6 Å². The Hall–Kier alpha value is -1.14. The highest BCUT2D eigenvalue weighted by atomic mass is 16.5. The van der Waals surface area contributed by atoms with Crippen LogP contribution in [0.3, 0.4) is 0 Å². The summed E-state index contributed by atoms with van der Waals surface area (Å²) in [4.78, 5) is 29.5. The van der Waals surface area contributed by atoms with Crippen LogP contribution in [0.4, 0.5) is 0 Å². The van der Waals surface area contributed by atoms with Crippen molar-refractivity contribution in [1.29, 1.82) is 0 Å². The lowest BCUT2D eigenvalue weighted by atomic mass is 9.49. The number of carbonyl (C=O) groups is 2. The van der Waals surface area contributed by atoms with Gasteiger partial charge in [-0.25, -0.2) is 0 Å². The summed E-state index contributed by atoms with van der Waals surface area (Å²) < 4.78 is 6.11. The fourth-order valence-corrected chi connectivity index (χ4v) is 7.13. The lowest BCUT2D eigenvalue weighted by molar-refractivity contribution is -0.211. The van der Waals surface area contributed by atoms with Crippen molar-refractivity contribution in [2.45, 2.75) is 50.2 Å². The summed E-state index contributed by atoms with van der Waals surface area (Å²) in [5, 5.41) is 2.70. The standard InChI is InChI=1S/C20H31N3O3/c1-21-17(24)16-9-26-20(10-22(16)2)11-23(12-20)18(25)19-6-13-3-14(7-19)5-15(4-13)8-19/h13-16H,3-12H2,1-2H3,(H,21,24)/t13?,14?,15?,16-,19?/m1/s1. The number of ether oxygens (including phenoxy) is 1. The van der Waals surface area contributed by atoms with Crippen LogP contribution in [0.25, 0.3) is 0 Å². The first-order chi connectivity index (χ1) is 12.4. The van der Waals surface area contributed by atoms with Crippen molar-refractivity contribution >= 4 is 11.8 Å². The number of likely N-dealkylation sites (N-methyl/N-ethyl adjacent to an activating group) is 2. The molecule has 6 rings (SSSR count). The van der Waals surface area contributed by atoms with Crippen LogP contribution in [0.2, 0.25) is 0 Å². The van der Waals surface area contributed by atoms with Crippen molar-refractivity contribution in [1.82, 2.24) is 15.1 Å². The summed E-state index contributed by atoms with van der Waals surface area (Å²) in [5.41, 5.74) is -0.321. The number of hydrogen-bond donors (Lipinski definition) is 1. The minimum atomic E-state index is -0.267. The zero-order chi connectivity index (χ0) is 18.1. The number of rotatable bonds is 2. The molecule has 144 valence electrons. The first-order valence-corrected chi connectivity index (χ1v) is 10.3. The second-order valence-corrected chi connectivity index (χ2v) is 9.90. The Bertz CT molecular complexity index is 593. The lowest BCUT2D eigenvalue weighted by Crippen LogP contribution is -2.74. The van der Waals surface area contributed by atoms with Crippen LogP contribution in [-0.4, -0.2) is 73.6 Å². The van der Waals surface area contributed by atoms with Gasteiger partial charge in [0.15, 0.2) is 0 Å². The van der Waals surface area contributed by atoms with Crippen LogP contribution in [0.1, 0.15) is 38.5 Å². The molecular weight excluding hydrogens is 330 g/mol. The number of nitrogens with zero attached hydrogens (tertiary/aromatic N) is 2. The van der Waals surface area contributed by atoms with E-state index in [1.54, 1.807) is 7.05 Å². The molecule has 0 aromatic heterocycles. The Morgan fingerprint density at radius 1 is 1.00 bits per heavy atom. The quantitative estimate of drug-likeness (QED) is 0.793. The van der Waals surface area contributed by atoms with Gasteiger partial charge in [-0.15, -0.1) is 0 Å². The number of hydrogen-bond acceptors (Lipinski definition) is 4. The Balaban J connectivity index is 1.23. The Morgan fingerprint density at radius 3 is 2.08 bits per heavy atom. The van der Waals surface area contributed by atoms with E-state index >= 15 is 0 Å². The molecule has 4 bridgehead atoms. The second-order valence-electron chi connectivity index (χ2n) is 9.90. The van der Waals surface area contributed by atoms with Crippen LogP contribution >= 0.6 is 0 Å². The summed E-state index contributed by atoms with van der Waals surface area (Å²) >= 11 is 0. The molecule has 4 saturated carbocycles. The molecule has 2 aliphatic heterocycles. The molecule has 6 nitrogen and oxygen atoms in total. The maximum absolute atomic E-state index is 13.4. The average molecular weight is 361 g/mol. The SMILES string of the molecule is CNC(=O)[C@H]1COC2(CN(C(=O)C34CC5CC(CC(C5)C3)C4)C2)CN1C. The van der Waals surface area contributed by atoms with Crippen molar-refractivity contribution in [2.75, 3.05) is 40.3 Å². The van der Waals surface area contributed by atoms with E-state index in [0.717, 1.165) is 43.6 Å². The first kappa shape index (κ1) is 17.0. The number of morpholine rings is 1. The molecule has 0 aromatic carbocycles. The Labute approximate surface area is 155 Å². The summed E-state index contributed by atoms with van der Waals surface area (Å²) in [6, 6.07) is -0.224. The number of amides is 2. The van der Waals surface area contributed by atoms with E-state index in [-0.39, 0.29) is 23.0 Å². The molecule has 2 heterocycles. The summed E-state index contributed by atoms with van der Waals surface area (Å²) in [6.07, 6.45) is 7.48. The molecule has 6 aliphatic rings. The predicted octanol–water partition coefficient (Wildman–Crippen LogP) is 0.860. The van der Waals surface area contributed by atoms with Gasteiger partial charge < -0.3 is 15.0 Å². The highest BCUT2D eigenvalue weighted by Crippen LogP contribution is 2.61. The van der Waals surface area contributed by atoms with E-state index in [1.165, 1.54) is 19.3 Å². The molecular formula is C20H31N3O3. The van der Waals surface area contributed by atoms with Crippen LogP contribution < -0.4 is 5.32 Å². The molecule has 6 fully saturated rings. The summed E-state index contributed by atoms with van der Waals surface area (Å²) in [5.74, 6) is 2.80. The van der Waals surface area contributed by atoms with E-state index in [1.807, 2.05) is 7.05 Å². The van der Waals surface area contributed by atoms with E-state index in [9.17, 15) is 9.59 Å². The van der Waals surface area contributed by atoms with E-state index < -0.39 is 0 Å². The van der Waals surface area contributed by atoms with Gasteiger partial charge >= 0.3 is 0 Å². The van der Waals surface area contributed by atoms with E-state index in [2.05, 4.69) is 15.1 Å². The highest BCUT2D eigenvalue weighted by molar-refractivity contribution is 5.84.